The summed E-state index contributed by atoms with van der Waals surface area (Å²) in [6.45, 7) is 7.56. The number of nitrogens with zero attached hydrogens (tertiary/aromatic N) is 2. The molecule has 0 aromatic heterocycles. The van der Waals surface area contributed by atoms with Gasteiger partial charge in [-0.25, -0.2) is 0 Å². The van der Waals surface area contributed by atoms with Crippen LogP contribution in [0.25, 0.3) is 0 Å². The predicted molar refractivity (Wildman–Crippen MR) is 84.3 cm³/mol. The lowest BCUT2D eigenvalue weighted by molar-refractivity contribution is -0.143. The van der Waals surface area contributed by atoms with E-state index in [4.69, 9.17) is 17.0 Å². The van der Waals surface area contributed by atoms with E-state index < -0.39 is 0 Å². The Morgan fingerprint density at radius 3 is 2.71 bits per heavy atom. The minimum Gasteiger partial charge on any atom is -0.466 e. The molecule has 21 heavy (non-hydrogen) atoms. The molecule has 1 N–H and O–H groups in total. The van der Waals surface area contributed by atoms with E-state index in [1.807, 2.05) is 0 Å². The van der Waals surface area contributed by atoms with Crippen molar-refractivity contribution in [1.82, 2.24) is 15.3 Å². The minimum absolute atomic E-state index is 0.0435. The summed E-state index contributed by atoms with van der Waals surface area (Å²) in [5, 5.41) is 6.91. The molecule has 0 aliphatic carbocycles. The van der Waals surface area contributed by atoms with Crippen molar-refractivity contribution in [2.24, 2.45) is 0 Å². The number of rotatable bonds is 7. The first-order chi connectivity index (χ1) is 10.1. The van der Waals surface area contributed by atoms with Crippen LogP contribution in [0.15, 0.2) is 12.7 Å². The second-order valence-corrected chi connectivity index (χ2v) is 4.99. The highest BCUT2D eigenvalue weighted by molar-refractivity contribution is 7.80. The zero-order valence-electron chi connectivity index (χ0n) is 12.5. The summed E-state index contributed by atoms with van der Waals surface area (Å²) in [4.78, 5) is 23.3. The SMILES string of the molecule is C=CCCC(=O)N1CCCN1C(=S)NCCC(=O)OCC. The lowest BCUT2D eigenvalue weighted by Crippen LogP contribution is -2.49. The highest BCUT2D eigenvalue weighted by atomic mass is 32.1. The first-order valence-electron chi connectivity index (χ1n) is 7.22. The van der Waals surface area contributed by atoms with Crippen molar-refractivity contribution in [1.29, 1.82) is 0 Å². The van der Waals surface area contributed by atoms with E-state index in [1.54, 1.807) is 23.0 Å². The van der Waals surface area contributed by atoms with Gasteiger partial charge < -0.3 is 10.1 Å². The Hall–Kier alpha value is -1.63. The quantitative estimate of drug-likeness (QED) is 0.433. The van der Waals surface area contributed by atoms with Gasteiger partial charge in [0.2, 0.25) is 5.91 Å². The summed E-state index contributed by atoms with van der Waals surface area (Å²) < 4.78 is 4.84. The summed E-state index contributed by atoms with van der Waals surface area (Å²) in [5.74, 6) is -0.213. The number of ether oxygens (including phenoxy) is 1. The zero-order valence-corrected chi connectivity index (χ0v) is 13.3. The van der Waals surface area contributed by atoms with E-state index in [2.05, 4.69) is 11.9 Å². The molecule has 0 spiro atoms. The summed E-state index contributed by atoms with van der Waals surface area (Å²) in [6, 6.07) is 0. The summed E-state index contributed by atoms with van der Waals surface area (Å²) in [6.07, 6.45) is 3.97. The van der Waals surface area contributed by atoms with Gasteiger partial charge in [-0.1, -0.05) is 6.08 Å². The van der Waals surface area contributed by atoms with Gasteiger partial charge in [0.1, 0.15) is 0 Å². The lowest BCUT2D eigenvalue weighted by atomic mass is 10.3. The van der Waals surface area contributed by atoms with Crippen molar-refractivity contribution in [3.63, 3.8) is 0 Å². The Morgan fingerprint density at radius 1 is 1.33 bits per heavy atom. The molecule has 6 nitrogen and oxygen atoms in total. The van der Waals surface area contributed by atoms with Crippen LogP contribution in [0.4, 0.5) is 0 Å². The summed E-state index contributed by atoms with van der Waals surface area (Å²) >= 11 is 5.29. The second kappa shape index (κ2) is 9.33. The van der Waals surface area contributed by atoms with Crippen LogP contribution in [0.3, 0.4) is 0 Å². The Kier molecular flexibility index (Phi) is 7.74. The fourth-order valence-electron chi connectivity index (χ4n) is 2.03. The van der Waals surface area contributed by atoms with Crippen molar-refractivity contribution in [3.8, 4) is 0 Å². The molecule has 1 amide bonds. The van der Waals surface area contributed by atoms with Gasteiger partial charge in [0.15, 0.2) is 5.11 Å². The first kappa shape index (κ1) is 17.4. The number of hydrogen-bond acceptors (Lipinski definition) is 4. The summed E-state index contributed by atoms with van der Waals surface area (Å²) in [5.41, 5.74) is 0. The third-order valence-corrected chi connectivity index (χ3v) is 3.38. The third kappa shape index (κ3) is 5.71. The van der Waals surface area contributed by atoms with Gasteiger partial charge in [0, 0.05) is 26.1 Å². The van der Waals surface area contributed by atoms with Crippen molar-refractivity contribution >= 4 is 29.2 Å². The van der Waals surface area contributed by atoms with E-state index in [0.29, 0.717) is 44.2 Å². The molecule has 0 atom stereocenters. The average Bonchev–Trinajstić information content (AvgIpc) is 2.94. The molecule has 0 unspecified atom stereocenters. The topological polar surface area (TPSA) is 61.9 Å². The normalized spacial score (nSPS) is 14.0. The number of carbonyl (C=O) groups excluding carboxylic acids is 2. The van der Waals surface area contributed by atoms with Crippen LogP contribution in [0, 0.1) is 0 Å². The highest BCUT2D eigenvalue weighted by Crippen LogP contribution is 2.13. The molecule has 0 radical (unpaired) electrons. The number of hydrazine groups is 1. The number of thiocarbonyl (C=S) groups is 1. The van der Waals surface area contributed by atoms with Crippen LogP contribution < -0.4 is 5.32 Å². The molecule has 1 aliphatic heterocycles. The fourth-order valence-corrected chi connectivity index (χ4v) is 2.32. The number of carbonyl (C=O) groups is 2. The van der Waals surface area contributed by atoms with Gasteiger partial charge in [-0.15, -0.1) is 6.58 Å². The van der Waals surface area contributed by atoms with E-state index in [-0.39, 0.29) is 18.3 Å². The first-order valence-corrected chi connectivity index (χ1v) is 7.63. The van der Waals surface area contributed by atoms with Crippen LogP contribution in [-0.4, -0.2) is 53.2 Å². The van der Waals surface area contributed by atoms with E-state index in [0.717, 1.165) is 6.42 Å². The monoisotopic (exact) mass is 313 g/mol. The van der Waals surface area contributed by atoms with Gasteiger partial charge in [0.05, 0.1) is 13.0 Å². The minimum atomic E-state index is -0.256. The zero-order chi connectivity index (χ0) is 15.7. The molecule has 0 aromatic rings. The molecule has 118 valence electrons. The van der Waals surface area contributed by atoms with Crippen molar-refractivity contribution in [2.75, 3.05) is 26.2 Å². The van der Waals surface area contributed by atoms with Crippen LogP contribution in [-0.2, 0) is 14.3 Å². The van der Waals surface area contributed by atoms with Gasteiger partial charge in [-0.2, -0.15) is 0 Å². The molecule has 1 aliphatic rings. The van der Waals surface area contributed by atoms with Gasteiger partial charge >= 0.3 is 5.97 Å². The molecule has 0 aromatic carbocycles. The van der Waals surface area contributed by atoms with Crippen LogP contribution in [0.1, 0.15) is 32.6 Å². The number of nitrogens with one attached hydrogen (secondary N) is 1. The molecule has 0 saturated carbocycles. The Morgan fingerprint density at radius 2 is 2.05 bits per heavy atom. The van der Waals surface area contributed by atoms with Gasteiger partial charge in [0.25, 0.3) is 0 Å². The molecule has 1 saturated heterocycles. The molecule has 1 fully saturated rings. The maximum Gasteiger partial charge on any atom is 0.307 e. The van der Waals surface area contributed by atoms with Gasteiger partial charge in [-0.3, -0.25) is 19.6 Å². The Bertz CT molecular complexity index is 401. The smallest absolute Gasteiger partial charge is 0.307 e. The van der Waals surface area contributed by atoms with E-state index in [1.165, 1.54) is 0 Å². The second-order valence-electron chi connectivity index (χ2n) is 4.61. The molecule has 7 heteroatoms. The van der Waals surface area contributed by atoms with Crippen LogP contribution in [0.5, 0.6) is 0 Å². The maximum absolute atomic E-state index is 12.1. The van der Waals surface area contributed by atoms with Gasteiger partial charge in [-0.05, 0) is 32.0 Å². The third-order valence-electron chi connectivity index (χ3n) is 3.03. The molecular formula is C14H23N3O3S. The van der Waals surface area contributed by atoms with Crippen molar-refractivity contribution in [3.05, 3.63) is 12.7 Å². The number of amides is 1. The Balaban J connectivity index is 2.39. The molecule has 1 heterocycles. The number of hydrogen-bond donors (Lipinski definition) is 1. The summed E-state index contributed by atoms with van der Waals surface area (Å²) in [7, 11) is 0. The number of allylic oxidation sites excluding steroid dienone is 1. The van der Waals surface area contributed by atoms with Crippen LogP contribution >= 0.6 is 12.2 Å². The van der Waals surface area contributed by atoms with E-state index in [9.17, 15) is 9.59 Å². The molecule has 0 bridgehead atoms. The Labute approximate surface area is 131 Å². The van der Waals surface area contributed by atoms with Crippen LogP contribution in [0.2, 0.25) is 0 Å². The van der Waals surface area contributed by atoms with Crippen molar-refractivity contribution in [2.45, 2.75) is 32.6 Å². The maximum atomic E-state index is 12.1. The fraction of sp³-hybridized carbons (Fsp3) is 0.643. The lowest BCUT2D eigenvalue weighted by Gasteiger charge is -2.30. The molecule has 1 rings (SSSR count). The largest absolute Gasteiger partial charge is 0.466 e. The number of esters is 1. The molecular weight excluding hydrogens is 290 g/mol. The van der Waals surface area contributed by atoms with Crippen molar-refractivity contribution < 1.29 is 14.3 Å². The predicted octanol–water partition coefficient (Wildman–Crippen LogP) is 1.23. The highest BCUT2D eigenvalue weighted by Gasteiger charge is 2.27. The average molecular weight is 313 g/mol. The van der Waals surface area contributed by atoms with E-state index >= 15 is 0 Å². The standard InChI is InChI=1S/C14H23N3O3S/c1-3-5-7-12(18)16-10-6-11-17(16)14(21)15-9-8-13(19)20-4-2/h3H,1,4-11H2,2H3,(H,15,21).